The Hall–Kier alpha value is -6.97. The molecule has 4 heteroatoms. The van der Waals surface area contributed by atoms with Crippen LogP contribution in [0.4, 0.5) is 0 Å². The van der Waals surface area contributed by atoms with Crippen molar-refractivity contribution in [2.45, 2.75) is 20.6 Å². The van der Waals surface area contributed by atoms with Crippen molar-refractivity contribution in [1.82, 2.24) is 9.55 Å². The van der Waals surface area contributed by atoms with Crippen LogP contribution < -0.4 is 4.57 Å². The molecule has 0 atom stereocenters. The Balaban J connectivity index is 0.000000192. The fraction of sp³-hybridized carbons (Fsp3) is 0.0690. The zero-order valence-electron chi connectivity index (χ0n) is 45.1. The fourth-order valence-corrected chi connectivity index (χ4v) is 8.28. The molecule has 0 unspecified atom stereocenters. The molecule has 298 valence electrons. The second kappa shape index (κ2) is 17.2. The second-order valence-electron chi connectivity index (χ2n) is 14.7. The van der Waals surface area contributed by atoms with E-state index in [1.165, 1.54) is 16.7 Å². The van der Waals surface area contributed by atoms with Crippen LogP contribution in [0, 0.1) is 39.0 Å². The first kappa shape index (κ1) is 28.5. The van der Waals surface area contributed by atoms with E-state index in [-0.39, 0.29) is 42.5 Å². The molecule has 10 aromatic rings. The topological polar surface area (TPSA) is 21.7 Å². The van der Waals surface area contributed by atoms with E-state index in [0.717, 1.165) is 73.0 Å². The molecule has 0 aliphatic heterocycles. The van der Waals surface area contributed by atoms with Crippen LogP contribution in [0.3, 0.4) is 0 Å². The summed E-state index contributed by atoms with van der Waals surface area (Å²) in [6.07, 6.45) is 4.26. The maximum Gasteiger partial charge on any atom is 3.00 e. The molecular formula is C58H43IrN3+. The quantitative estimate of drug-likeness (QED) is 0.127. The number of hydrogen-bond acceptors (Lipinski definition) is 1. The number of aryl methyl sites for hydroxylation is 4. The van der Waals surface area contributed by atoms with Gasteiger partial charge < -0.3 is 14.1 Å². The molecule has 0 saturated heterocycles. The summed E-state index contributed by atoms with van der Waals surface area (Å²) >= 11 is 0. The predicted octanol–water partition coefficient (Wildman–Crippen LogP) is 13.8. The number of benzene rings is 8. The van der Waals surface area contributed by atoms with Crippen molar-refractivity contribution in [3.05, 3.63) is 223 Å². The Labute approximate surface area is 394 Å². The van der Waals surface area contributed by atoms with Gasteiger partial charge in [-0.05, 0) is 86.2 Å². The minimum Gasteiger partial charge on any atom is -0.342 e. The summed E-state index contributed by atoms with van der Waals surface area (Å²) < 4.78 is 98.5. The Morgan fingerprint density at radius 2 is 1.08 bits per heavy atom. The van der Waals surface area contributed by atoms with Crippen LogP contribution in [-0.4, -0.2) is 9.55 Å². The van der Waals surface area contributed by atoms with Gasteiger partial charge in [0.15, 0.2) is 0 Å². The van der Waals surface area contributed by atoms with Crippen molar-refractivity contribution in [2.75, 3.05) is 0 Å². The number of rotatable bonds is 4. The third kappa shape index (κ3) is 7.32. The molecule has 0 bridgehead atoms. The number of fused-ring (bicyclic) bond motifs is 10. The van der Waals surface area contributed by atoms with E-state index in [4.69, 9.17) is 16.4 Å². The van der Waals surface area contributed by atoms with Crippen molar-refractivity contribution < 1.29 is 41.1 Å². The summed E-state index contributed by atoms with van der Waals surface area (Å²) in [6.45, 7) is -10.1. The van der Waals surface area contributed by atoms with Gasteiger partial charge in [-0.15, -0.1) is 29.3 Å². The normalized spacial score (nSPS) is 14.8. The summed E-state index contributed by atoms with van der Waals surface area (Å²) in [4.78, 5) is 4.13. The average molecular weight is 986 g/mol. The van der Waals surface area contributed by atoms with Gasteiger partial charge in [-0.2, -0.15) is 30.3 Å². The van der Waals surface area contributed by atoms with Gasteiger partial charge in [0.1, 0.15) is 0 Å². The molecule has 0 spiro atoms. The molecule has 0 N–H and O–H groups in total. The number of imidazole rings is 1. The van der Waals surface area contributed by atoms with E-state index in [0.29, 0.717) is 22.2 Å². The van der Waals surface area contributed by atoms with Gasteiger partial charge in [0.05, 0.1) is 22.1 Å². The van der Waals surface area contributed by atoms with Crippen molar-refractivity contribution in [1.29, 1.82) is 0 Å². The second-order valence-corrected chi connectivity index (χ2v) is 14.7. The fourth-order valence-electron chi connectivity index (χ4n) is 8.28. The number of hydrogen-bond donors (Lipinski definition) is 0. The van der Waals surface area contributed by atoms with E-state index in [1.807, 2.05) is 59.2 Å². The van der Waals surface area contributed by atoms with Gasteiger partial charge in [0.2, 0.25) is 6.33 Å². The van der Waals surface area contributed by atoms with Gasteiger partial charge in [-0.1, -0.05) is 169 Å². The summed E-state index contributed by atoms with van der Waals surface area (Å²) in [7, 11) is 0. The number of para-hydroxylation sites is 1. The van der Waals surface area contributed by atoms with Crippen molar-refractivity contribution in [3.63, 3.8) is 0 Å². The molecule has 1 aliphatic rings. The average Bonchev–Trinajstić information content (AvgIpc) is 3.81. The van der Waals surface area contributed by atoms with Crippen molar-refractivity contribution in [3.8, 4) is 83.7 Å². The van der Waals surface area contributed by atoms with Gasteiger partial charge in [0, 0.05) is 18.5 Å². The Bertz CT molecular complexity index is 3680. The maximum atomic E-state index is 8.65. The number of aromatic nitrogens is 3. The molecule has 8 aromatic carbocycles. The van der Waals surface area contributed by atoms with E-state index in [1.54, 1.807) is 30.3 Å². The van der Waals surface area contributed by atoms with Crippen LogP contribution in [0.2, 0.25) is 0 Å². The van der Waals surface area contributed by atoms with Gasteiger partial charge >= 0.3 is 20.1 Å². The first-order valence-corrected chi connectivity index (χ1v) is 19.8. The van der Waals surface area contributed by atoms with Crippen LogP contribution in [0.15, 0.2) is 188 Å². The Morgan fingerprint density at radius 3 is 1.68 bits per heavy atom. The molecule has 11 rings (SSSR count). The standard InChI is InChI=1S/C38H25N2.C20H18N.Ir/c1-39-25-40(27-16-6-3-7-17-27)35-24-34(26-14-4-2-5-15-26)36-32-22-12-10-20-30(32)28-18-8-9-19-29(28)31-21-11-13-23-33(31)37(36)38(35)39;1-14-9-10-18(20-11-15(2)16(3)13-21-20)12-19(14)17-7-5-4-6-8-17;/h2-16,18-24H,1H3;4-9,11-13H,1-3H3;/q2*-1;+3/i1D3;1D3,2D3,3D3;. The molecule has 2 aromatic heterocycles. The first-order chi connectivity index (χ1) is 34.8. The van der Waals surface area contributed by atoms with Crippen LogP contribution >= 0.6 is 0 Å². The monoisotopic (exact) mass is 986 g/mol. The third-order valence-electron chi connectivity index (χ3n) is 11.1. The largest absolute Gasteiger partial charge is 3.00 e. The summed E-state index contributed by atoms with van der Waals surface area (Å²) in [6, 6.07) is 64.5. The smallest absolute Gasteiger partial charge is 0.342 e. The molecule has 0 radical (unpaired) electrons. The minimum atomic E-state index is -2.65. The molecule has 0 amide bonds. The summed E-state index contributed by atoms with van der Waals surface area (Å²) in [5, 5.41) is 0. The van der Waals surface area contributed by atoms with Crippen molar-refractivity contribution >= 4 is 11.0 Å². The Kier molecular flexibility index (Phi) is 7.91. The van der Waals surface area contributed by atoms with Crippen molar-refractivity contribution in [2.24, 2.45) is 6.98 Å². The van der Waals surface area contributed by atoms with E-state index < -0.39 is 27.5 Å². The van der Waals surface area contributed by atoms with Crippen LogP contribution in [-0.2, 0) is 27.1 Å². The van der Waals surface area contributed by atoms with Gasteiger partial charge in [-0.3, -0.25) is 0 Å². The first-order valence-electron chi connectivity index (χ1n) is 25.8. The van der Waals surface area contributed by atoms with Gasteiger partial charge in [-0.25, -0.2) is 0 Å². The Morgan fingerprint density at radius 1 is 0.516 bits per heavy atom. The minimum absolute atomic E-state index is 0. The maximum absolute atomic E-state index is 8.65. The van der Waals surface area contributed by atoms with E-state index in [2.05, 4.69) is 108 Å². The number of nitrogens with zero attached hydrogens (tertiary/aromatic N) is 3. The third-order valence-corrected chi connectivity index (χ3v) is 11.1. The van der Waals surface area contributed by atoms with E-state index >= 15 is 0 Å². The molecule has 0 fully saturated rings. The molecule has 0 saturated carbocycles. The molecule has 1 aliphatic carbocycles. The summed E-state index contributed by atoms with van der Waals surface area (Å²) in [5.74, 6) is 0. The summed E-state index contributed by atoms with van der Waals surface area (Å²) in [5.41, 5.74) is 13.6. The molecule has 3 nitrogen and oxygen atoms in total. The van der Waals surface area contributed by atoms with E-state index in [9.17, 15) is 0 Å². The van der Waals surface area contributed by atoms with Gasteiger partial charge in [0.25, 0.3) is 0 Å². The molecule has 2 heterocycles. The predicted molar refractivity (Wildman–Crippen MR) is 251 cm³/mol. The molecular weight excluding hydrogens is 931 g/mol. The zero-order valence-corrected chi connectivity index (χ0v) is 35.5. The van der Waals surface area contributed by atoms with Crippen LogP contribution in [0.1, 0.15) is 33.1 Å². The van der Waals surface area contributed by atoms with Crippen LogP contribution in [0.5, 0.6) is 0 Å². The molecule has 62 heavy (non-hydrogen) atoms. The van der Waals surface area contributed by atoms with Crippen LogP contribution in [0.25, 0.3) is 94.7 Å². The SMILES string of the molecule is [2H]C([2H])([2H])c1c[c-]c(-c2cc(C([2H])([2H])[2H])c(C([2H])([2H])[2H])cn2)cc1-c1ccccc1.[2H]C([2H])([2H])n1[c-][n+](-c2[c-]cccc2)c2cc(-c3ccccc3)c3c(c21)-c1ccccc1-c1ccccc1-c1ccccc1-3.[Ir+3]. The number of pyridine rings is 1. The zero-order chi connectivity index (χ0) is 51.5.